The van der Waals surface area contributed by atoms with Gasteiger partial charge in [-0.2, -0.15) is 0 Å². The molecule has 0 heterocycles. The summed E-state index contributed by atoms with van der Waals surface area (Å²) in [5.41, 5.74) is 1.13. The molecule has 3 unspecified atom stereocenters. The summed E-state index contributed by atoms with van der Waals surface area (Å²) in [4.78, 5) is 36.3. The van der Waals surface area contributed by atoms with Gasteiger partial charge >= 0.3 is 17.9 Å². The summed E-state index contributed by atoms with van der Waals surface area (Å²) >= 11 is 0. The minimum atomic E-state index is -0.706. The number of aliphatic hydroxyl groups is 1. The van der Waals surface area contributed by atoms with Crippen LogP contribution in [0.5, 0.6) is 0 Å². The zero-order valence-electron chi connectivity index (χ0n) is 41.1. The van der Waals surface area contributed by atoms with Crippen molar-refractivity contribution in [1.82, 2.24) is 5.32 Å². The zero-order valence-corrected chi connectivity index (χ0v) is 41.1. The average molecular weight is 831 g/mol. The summed E-state index contributed by atoms with van der Waals surface area (Å²) in [7, 11) is 2.71. The molecule has 0 aliphatic rings. The van der Waals surface area contributed by atoms with Gasteiger partial charge in [-0.3, -0.25) is 19.4 Å². The molecule has 0 aromatic rings. The Balaban J connectivity index is -0.000000261. The number of rotatable bonds is 32. The molecule has 9 heteroatoms. The molecule has 0 amide bonds. The van der Waals surface area contributed by atoms with Crippen molar-refractivity contribution in [3.63, 3.8) is 0 Å². The maximum Gasteiger partial charge on any atom is 0.306 e. The van der Waals surface area contributed by atoms with Crippen molar-refractivity contribution in [3.05, 3.63) is 0 Å². The molecule has 0 spiro atoms. The zero-order chi connectivity index (χ0) is 45.7. The van der Waals surface area contributed by atoms with E-state index in [0.29, 0.717) is 23.7 Å². The minimum absolute atomic E-state index is 0.0429. The number of carboxylic acids is 2. The van der Waals surface area contributed by atoms with E-state index in [1.807, 2.05) is 6.92 Å². The van der Waals surface area contributed by atoms with E-state index in [1.165, 1.54) is 64.2 Å². The summed E-state index contributed by atoms with van der Waals surface area (Å²) < 4.78 is 5.77. The highest BCUT2D eigenvalue weighted by Gasteiger charge is 2.18. The fraction of sp³-hybridized carbons (Fsp3) is 0.918. The number of aliphatic hydroxyl groups excluding tert-OH is 1. The molecule has 0 fully saturated rings. The third kappa shape index (κ3) is 58.2. The molecule has 0 aliphatic carbocycles. The Bertz CT molecular complexity index is 883. The van der Waals surface area contributed by atoms with Crippen LogP contribution in [0.4, 0.5) is 0 Å². The molecule has 0 saturated carbocycles. The smallest absolute Gasteiger partial charge is 0.306 e. The largest absolute Gasteiger partial charge is 0.481 e. The Morgan fingerprint density at radius 1 is 0.603 bits per heavy atom. The number of esters is 1. The van der Waals surface area contributed by atoms with E-state index in [2.05, 4.69) is 86.5 Å². The van der Waals surface area contributed by atoms with Crippen molar-refractivity contribution < 1.29 is 34.4 Å². The summed E-state index contributed by atoms with van der Waals surface area (Å²) in [5, 5.41) is 26.7. The van der Waals surface area contributed by atoms with Crippen LogP contribution in [0, 0.1) is 22.7 Å². The number of carboxylic acid groups (broad SMARTS) is 2. The van der Waals surface area contributed by atoms with Crippen molar-refractivity contribution >= 4 is 24.2 Å². The molecule has 0 aromatic carbocycles. The lowest BCUT2D eigenvalue weighted by Crippen LogP contribution is -2.20. The summed E-state index contributed by atoms with van der Waals surface area (Å²) in [6.07, 6.45) is 27.4. The first-order chi connectivity index (χ1) is 27.4. The van der Waals surface area contributed by atoms with Crippen molar-refractivity contribution in [2.45, 2.75) is 250 Å². The fourth-order valence-corrected chi connectivity index (χ4v) is 6.12. The first-order valence-corrected chi connectivity index (χ1v) is 23.6. The molecule has 350 valence electrons. The molecule has 0 bridgehead atoms. The van der Waals surface area contributed by atoms with E-state index >= 15 is 0 Å². The Labute approximate surface area is 361 Å². The standard InChI is InChI=1S/C23H44N2O4.2C10H22.C5H10O2.CH4O/c1-3-4-5-8-11-15-21(29-23(28)18-14-19-25-20-24-2)16-12-9-6-7-10-13-17-22(26)27;2*1-6-9(3)8-10(4,5)7-2;1-2-3-4-5(6)7;1-2/h20-21H,3-19H2,1-2H3,(H,24,25)(H,26,27);2*9H,6-8H2,1-5H3;2-4H2,1H3,(H,6,7);2H,1H3. The molecule has 4 N–H and O–H groups in total. The molecule has 0 rings (SSSR count). The Morgan fingerprint density at radius 3 is 1.36 bits per heavy atom. The van der Waals surface area contributed by atoms with Crippen molar-refractivity contribution in [2.75, 3.05) is 20.7 Å². The molecule has 0 radical (unpaired) electrons. The maximum atomic E-state index is 12.2. The second-order valence-electron chi connectivity index (χ2n) is 17.8. The summed E-state index contributed by atoms with van der Waals surface area (Å²) in [6.45, 7) is 28.2. The van der Waals surface area contributed by atoms with Gasteiger partial charge < -0.3 is 25.4 Å². The maximum absolute atomic E-state index is 12.2. The van der Waals surface area contributed by atoms with Crippen LogP contribution in [0.2, 0.25) is 0 Å². The summed E-state index contributed by atoms with van der Waals surface area (Å²) in [5.74, 6) is 0.307. The fourth-order valence-electron chi connectivity index (χ4n) is 6.12. The summed E-state index contributed by atoms with van der Waals surface area (Å²) in [6, 6.07) is 0. The molecule has 3 atom stereocenters. The van der Waals surface area contributed by atoms with Gasteiger partial charge in [-0.1, -0.05) is 167 Å². The third-order valence-corrected chi connectivity index (χ3v) is 10.9. The highest BCUT2D eigenvalue weighted by atomic mass is 16.5. The van der Waals surface area contributed by atoms with Crippen LogP contribution in [0.1, 0.15) is 244 Å². The van der Waals surface area contributed by atoms with E-state index < -0.39 is 11.9 Å². The lowest BCUT2D eigenvalue weighted by atomic mass is 9.80. The van der Waals surface area contributed by atoms with Crippen LogP contribution in [-0.2, 0) is 19.1 Å². The molecular formula is C49H102N2O7. The number of aliphatic imine (C=N–C) groups is 1. The van der Waals surface area contributed by atoms with Gasteiger partial charge in [0.15, 0.2) is 0 Å². The lowest BCUT2D eigenvalue weighted by Gasteiger charge is -2.25. The lowest BCUT2D eigenvalue weighted by molar-refractivity contribution is -0.150. The predicted molar refractivity (Wildman–Crippen MR) is 251 cm³/mol. The van der Waals surface area contributed by atoms with E-state index in [1.54, 1.807) is 13.4 Å². The van der Waals surface area contributed by atoms with Gasteiger partial charge in [0.1, 0.15) is 6.10 Å². The Hall–Kier alpha value is -2.16. The van der Waals surface area contributed by atoms with Gasteiger partial charge in [0.05, 0.1) is 6.34 Å². The number of unbranched alkanes of at least 4 members (excludes halogenated alkanes) is 10. The van der Waals surface area contributed by atoms with Crippen LogP contribution in [0.25, 0.3) is 0 Å². The molecule has 9 nitrogen and oxygen atoms in total. The van der Waals surface area contributed by atoms with Crippen molar-refractivity contribution in [2.24, 2.45) is 27.7 Å². The minimum Gasteiger partial charge on any atom is -0.481 e. The number of nitrogens with zero attached hydrogens (tertiary/aromatic N) is 1. The topological polar surface area (TPSA) is 146 Å². The van der Waals surface area contributed by atoms with Crippen LogP contribution < -0.4 is 5.32 Å². The molecule has 0 aromatic heterocycles. The Morgan fingerprint density at radius 2 is 1.00 bits per heavy atom. The van der Waals surface area contributed by atoms with Crippen molar-refractivity contribution in [3.8, 4) is 0 Å². The number of nitrogens with one attached hydrogen (secondary N) is 1. The SMILES string of the molecule is CCC(C)CC(C)(C)CC.CCC(C)CC(C)(C)CC.CCCCC(=O)O.CCCCCCCC(CCCCCCCCC(=O)O)OC(=O)CCCNC=NC.CO. The van der Waals surface area contributed by atoms with Gasteiger partial charge in [-0.05, 0) is 80.5 Å². The van der Waals surface area contributed by atoms with Gasteiger partial charge in [0, 0.05) is 40.0 Å². The van der Waals surface area contributed by atoms with E-state index in [4.69, 9.17) is 20.1 Å². The second-order valence-corrected chi connectivity index (χ2v) is 17.8. The van der Waals surface area contributed by atoms with Gasteiger partial charge in [-0.15, -0.1) is 0 Å². The molecule has 0 aliphatic heterocycles. The van der Waals surface area contributed by atoms with Gasteiger partial charge in [0.25, 0.3) is 0 Å². The molecular weight excluding hydrogens is 729 g/mol. The highest BCUT2D eigenvalue weighted by Crippen LogP contribution is 2.30. The first kappa shape index (κ1) is 65.0. The van der Waals surface area contributed by atoms with Crippen molar-refractivity contribution in [1.29, 1.82) is 0 Å². The molecule has 0 saturated heterocycles. The number of carbonyl (C=O) groups is 3. The first-order valence-electron chi connectivity index (χ1n) is 23.6. The van der Waals surface area contributed by atoms with Crippen LogP contribution in [0.3, 0.4) is 0 Å². The van der Waals surface area contributed by atoms with E-state index in [-0.39, 0.29) is 18.5 Å². The number of hydrogen-bond donors (Lipinski definition) is 4. The number of carbonyl (C=O) groups excluding carboxylic acids is 1. The average Bonchev–Trinajstić information content (AvgIpc) is 3.18. The normalized spacial score (nSPS) is 12.5. The number of hydrogen-bond acceptors (Lipinski definition) is 6. The number of ether oxygens (including phenoxy) is 1. The van der Waals surface area contributed by atoms with E-state index in [0.717, 1.165) is 103 Å². The Kier molecular flexibility index (Phi) is 53.2. The second kappa shape index (κ2) is 47.5. The van der Waals surface area contributed by atoms with Gasteiger partial charge in [0.2, 0.25) is 0 Å². The quantitative estimate of drug-likeness (QED) is 0.0227. The van der Waals surface area contributed by atoms with Crippen LogP contribution in [-0.4, -0.2) is 66.4 Å². The number of aliphatic carboxylic acids is 2. The third-order valence-electron chi connectivity index (χ3n) is 10.9. The van der Waals surface area contributed by atoms with Crippen LogP contribution in [0.15, 0.2) is 4.99 Å². The monoisotopic (exact) mass is 831 g/mol. The van der Waals surface area contributed by atoms with E-state index in [9.17, 15) is 14.4 Å². The molecule has 58 heavy (non-hydrogen) atoms. The van der Waals surface area contributed by atoms with Gasteiger partial charge in [-0.25, -0.2) is 0 Å². The van der Waals surface area contributed by atoms with Crippen LogP contribution >= 0.6 is 0 Å². The highest BCUT2D eigenvalue weighted by molar-refractivity contribution is 5.69. The predicted octanol–water partition coefficient (Wildman–Crippen LogP) is 14.1.